The first-order chi connectivity index (χ1) is 10.1. The van der Waals surface area contributed by atoms with Crippen molar-refractivity contribution in [1.82, 2.24) is 0 Å². The molecule has 3 heteroatoms. The van der Waals surface area contributed by atoms with Crippen LogP contribution in [0.3, 0.4) is 0 Å². The molecule has 21 heavy (non-hydrogen) atoms. The standard InChI is InChI=1S/C16H35O2P.C2H4/c1-3-5-7-9-11-13-15-19(17,18)16-14-12-10-8-6-4-2;1-2/h3-16H2,1-2H3,(H,17,18);1-2H2. The van der Waals surface area contributed by atoms with E-state index in [-0.39, 0.29) is 0 Å². The van der Waals surface area contributed by atoms with Gasteiger partial charge in [-0.05, 0) is 12.8 Å². The van der Waals surface area contributed by atoms with Crippen molar-refractivity contribution in [3.63, 3.8) is 0 Å². The van der Waals surface area contributed by atoms with Gasteiger partial charge in [0.25, 0.3) is 0 Å². The van der Waals surface area contributed by atoms with E-state index in [4.69, 9.17) is 0 Å². The normalized spacial score (nSPS) is 11.0. The molecule has 0 fully saturated rings. The third kappa shape index (κ3) is 19.9. The molecule has 0 unspecified atom stereocenters. The lowest BCUT2D eigenvalue weighted by Gasteiger charge is -2.11. The van der Waals surface area contributed by atoms with E-state index in [1.807, 2.05) is 0 Å². The summed E-state index contributed by atoms with van der Waals surface area (Å²) in [6.45, 7) is 10.4. The summed E-state index contributed by atoms with van der Waals surface area (Å²) >= 11 is 0. The molecule has 0 aromatic carbocycles. The molecule has 0 radical (unpaired) electrons. The van der Waals surface area contributed by atoms with Crippen LogP contribution in [0.2, 0.25) is 0 Å². The van der Waals surface area contributed by atoms with E-state index in [0.717, 1.165) is 25.7 Å². The predicted octanol–water partition coefficient (Wildman–Crippen LogP) is 6.78. The number of hydrogen-bond donors (Lipinski definition) is 1. The van der Waals surface area contributed by atoms with E-state index in [1.165, 1.54) is 51.4 Å². The Morgan fingerprint density at radius 1 is 0.667 bits per heavy atom. The molecular formula is C18H39O2P. The van der Waals surface area contributed by atoms with Crippen molar-refractivity contribution in [2.45, 2.75) is 90.9 Å². The summed E-state index contributed by atoms with van der Waals surface area (Å²) < 4.78 is 11.9. The quantitative estimate of drug-likeness (QED) is 0.218. The van der Waals surface area contributed by atoms with Gasteiger partial charge in [0.1, 0.15) is 0 Å². The van der Waals surface area contributed by atoms with Crippen molar-refractivity contribution in [3.8, 4) is 0 Å². The summed E-state index contributed by atoms with van der Waals surface area (Å²) in [7, 11) is -2.80. The van der Waals surface area contributed by atoms with Crippen molar-refractivity contribution in [1.29, 1.82) is 0 Å². The second kappa shape index (κ2) is 18.0. The Hall–Kier alpha value is -0.0700. The molecule has 0 aliphatic heterocycles. The fourth-order valence-electron chi connectivity index (χ4n) is 2.39. The minimum Gasteiger partial charge on any atom is -0.344 e. The smallest absolute Gasteiger partial charge is 0.200 e. The van der Waals surface area contributed by atoms with E-state index >= 15 is 0 Å². The van der Waals surface area contributed by atoms with Crippen LogP contribution in [0.1, 0.15) is 90.9 Å². The van der Waals surface area contributed by atoms with Crippen LogP contribution in [0.15, 0.2) is 13.2 Å². The SMILES string of the molecule is C=C.CCCCCCCCP(=O)(O)CCCCCCCC. The van der Waals surface area contributed by atoms with Gasteiger partial charge < -0.3 is 4.89 Å². The van der Waals surface area contributed by atoms with Gasteiger partial charge in [0.05, 0.1) is 0 Å². The number of rotatable bonds is 14. The van der Waals surface area contributed by atoms with Gasteiger partial charge in [0, 0.05) is 12.3 Å². The van der Waals surface area contributed by atoms with Gasteiger partial charge in [-0.3, -0.25) is 4.57 Å². The topological polar surface area (TPSA) is 37.3 Å². The monoisotopic (exact) mass is 318 g/mol. The van der Waals surface area contributed by atoms with E-state index in [9.17, 15) is 9.46 Å². The van der Waals surface area contributed by atoms with E-state index in [0.29, 0.717) is 12.3 Å². The van der Waals surface area contributed by atoms with Gasteiger partial charge >= 0.3 is 0 Å². The van der Waals surface area contributed by atoms with Gasteiger partial charge in [-0.15, -0.1) is 13.2 Å². The second-order valence-electron chi connectivity index (χ2n) is 5.83. The lowest BCUT2D eigenvalue weighted by Crippen LogP contribution is -1.96. The van der Waals surface area contributed by atoms with E-state index in [2.05, 4.69) is 27.0 Å². The van der Waals surface area contributed by atoms with Crippen molar-refractivity contribution >= 4 is 7.37 Å². The Morgan fingerprint density at radius 3 is 1.29 bits per heavy atom. The van der Waals surface area contributed by atoms with Crippen LogP contribution in [0.25, 0.3) is 0 Å². The average Bonchev–Trinajstić information content (AvgIpc) is 2.48. The minimum atomic E-state index is -2.80. The van der Waals surface area contributed by atoms with Crippen molar-refractivity contribution in [2.75, 3.05) is 12.3 Å². The van der Waals surface area contributed by atoms with Crippen molar-refractivity contribution in [2.24, 2.45) is 0 Å². The largest absolute Gasteiger partial charge is 0.344 e. The highest BCUT2D eigenvalue weighted by Crippen LogP contribution is 2.42. The lowest BCUT2D eigenvalue weighted by atomic mass is 10.1. The van der Waals surface area contributed by atoms with Crippen LogP contribution in [0.4, 0.5) is 0 Å². The Labute approximate surface area is 133 Å². The summed E-state index contributed by atoms with van der Waals surface area (Å²) in [5, 5.41) is 0. The van der Waals surface area contributed by atoms with Gasteiger partial charge in [-0.25, -0.2) is 0 Å². The fraction of sp³-hybridized carbons (Fsp3) is 0.889. The second-order valence-corrected chi connectivity index (χ2v) is 8.42. The van der Waals surface area contributed by atoms with Crippen LogP contribution in [0.5, 0.6) is 0 Å². The molecule has 0 heterocycles. The van der Waals surface area contributed by atoms with Crippen LogP contribution >= 0.6 is 7.37 Å². The summed E-state index contributed by atoms with van der Waals surface area (Å²) in [6.07, 6.45) is 15.4. The van der Waals surface area contributed by atoms with Crippen LogP contribution in [-0.4, -0.2) is 17.2 Å². The average molecular weight is 318 g/mol. The first-order valence-corrected chi connectivity index (χ1v) is 11.0. The Balaban J connectivity index is 0. The minimum absolute atomic E-state index is 0.550. The zero-order valence-electron chi connectivity index (χ0n) is 14.6. The summed E-state index contributed by atoms with van der Waals surface area (Å²) in [4.78, 5) is 9.88. The van der Waals surface area contributed by atoms with Crippen molar-refractivity contribution < 1.29 is 9.46 Å². The fourth-order valence-corrected chi connectivity index (χ4v) is 4.05. The molecular weight excluding hydrogens is 279 g/mol. The van der Waals surface area contributed by atoms with Gasteiger partial charge in [0.15, 0.2) is 0 Å². The molecule has 0 amide bonds. The van der Waals surface area contributed by atoms with Gasteiger partial charge in [-0.2, -0.15) is 0 Å². The maximum Gasteiger partial charge on any atom is 0.200 e. The zero-order valence-corrected chi connectivity index (χ0v) is 15.5. The Bertz CT molecular complexity index is 221. The summed E-state index contributed by atoms with van der Waals surface area (Å²) in [6, 6.07) is 0. The van der Waals surface area contributed by atoms with E-state index < -0.39 is 7.37 Å². The van der Waals surface area contributed by atoms with Crippen LogP contribution < -0.4 is 0 Å². The molecule has 128 valence electrons. The molecule has 0 bridgehead atoms. The molecule has 0 spiro atoms. The molecule has 1 N–H and O–H groups in total. The molecule has 0 rings (SSSR count). The molecule has 0 saturated carbocycles. The number of hydrogen-bond acceptors (Lipinski definition) is 1. The van der Waals surface area contributed by atoms with Crippen molar-refractivity contribution in [3.05, 3.63) is 13.2 Å². The lowest BCUT2D eigenvalue weighted by molar-refractivity contribution is 0.469. The van der Waals surface area contributed by atoms with Gasteiger partial charge in [0.2, 0.25) is 7.37 Å². The van der Waals surface area contributed by atoms with E-state index in [1.54, 1.807) is 0 Å². The summed E-state index contributed by atoms with van der Waals surface area (Å²) in [5.41, 5.74) is 0. The first-order valence-electron chi connectivity index (χ1n) is 8.93. The highest BCUT2D eigenvalue weighted by molar-refractivity contribution is 7.57. The molecule has 0 aromatic heterocycles. The van der Waals surface area contributed by atoms with Crippen LogP contribution in [0, 0.1) is 0 Å². The first kappa shape index (κ1) is 23.2. The Morgan fingerprint density at radius 2 is 0.952 bits per heavy atom. The zero-order chi connectivity index (χ0) is 16.4. The van der Waals surface area contributed by atoms with Gasteiger partial charge in [-0.1, -0.05) is 78.1 Å². The molecule has 0 atom stereocenters. The molecule has 0 saturated heterocycles. The molecule has 0 aromatic rings. The maximum absolute atomic E-state index is 11.9. The third-order valence-corrected chi connectivity index (χ3v) is 5.75. The predicted molar refractivity (Wildman–Crippen MR) is 97.6 cm³/mol. The maximum atomic E-state index is 11.9. The molecule has 0 aliphatic rings. The third-order valence-electron chi connectivity index (χ3n) is 3.72. The molecule has 0 aliphatic carbocycles. The highest BCUT2D eigenvalue weighted by atomic mass is 31.2. The highest BCUT2D eigenvalue weighted by Gasteiger charge is 2.16. The number of unbranched alkanes of at least 4 members (excludes halogenated alkanes) is 10. The molecule has 2 nitrogen and oxygen atoms in total. The summed E-state index contributed by atoms with van der Waals surface area (Å²) in [5.74, 6) is 0. The Kier molecular flexibility index (Phi) is 19.9. The van der Waals surface area contributed by atoms with Crippen LogP contribution in [-0.2, 0) is 4.57 Å².